The van der Waals surface area contributed by atoms with Crippen LogP contribution in [0.3, 0.4) is 0 Å². The summed E-state index contributed by atoms with van der Waals surface area (Å²) in [6, 6.07) is 1.36. The minimum Gasteiger partial charge on any atom is -0.507 e. The Morgan fingerprint density at radius 1 is 1.26 bits per heavy atom. The lowest BCUT2D eigenvalue weighted by Gasteiger charge is -2.53. The van der Waals surface area contributed by atoms with Gasteiger partial charge in [0.25, 0.3) is 0 Å². The van der Waals surface area contributed by atoms with Crippen molar-refractivity contribution >= 4 is 40.4 Å². The summed E-state index contributed by atoms with van der Waals surface area (Å²) >= 11 is 0. The third-order valence-corrected chi connectivity index (χ3v) is 7.55. The summed E-state index contributed by atoms with van der Waals surface area (Å²) in [4.78, 5) is 68.8. The van der Waals surface area contributed by atoms with E-state index in [1.807, 2.05) is 0 Å². The fraction of sp³-hybridized carbons (Fsp3) is 0.500. The summed E-state index contributed by atoms with van der Waals surface area (Å²) in [5.74, 6) is -14.1. The first-order valence-corrected chi connectivity index (χ1v) is 10.8. The zero-order chi connectivity index (χ0) is 26.1. The largest absolute Gasteiger partial charge is 0.507 e. The molecular formula is C22H23N5O8. The van der Waals surface area contributed by atoms with Crippen LogP contribution in [0, 0.1) is 23.7 Å². The highest BCUT2D eigenvalue weighted by atomic mass is 16.3. The predicted molar refractivity (Wildman–Crippen MR) is 118 cm³/mol. The first-order valence-electron chi connectivity index (χ1n) is 10.8. The lowest BCUT2D eigenvalue weighted by Crippen LogP contribution is -2.72. The van der Waals surface area contributed by atoms with Crippen molar-refractivity contribution in [3.8, 4) is 5.75 Å². The fourth-order valence-electron chi connectivity index (χ4n) is 5.96. The predicted octanol–water partition coefficient (Wildman–Crippen LogP) is -0.134. The van der Waals surface area contributed by atoms with E-state index in [4.69, 9.17) is 11.3 Å². The Bertz CT molecular complexity index is 1270. The number of hydrogen-bond donors (Lipinski definition) is 4. The maximum absolute atomic E-state index is 13.7. The van der Waals surface area contributed by atoms with Crippen LogP contribution in [0.2, 0.25) is 0 Å². The first kappa shape index (κ1) is 24.3. The van der Waals surface area contributed by atoms with E-state index in [2.05, 4.69) is 10.0 Å². The van der Waals surface area contributed by atoms with Crippen LogP contribution < -0.4 is 10.6 Å². The van der Waals surface area contributed by atoms with E-state index in [1.54, 1.807) is 25.9 Å². The second-order valence-electron chi connectivity index (χ2n) is 9.44. The number of benzene rings is 1. The van der Waals surface area contributed by atoms with E-state index in [-0.39, 0.29) is 16.8 Å². The number of aromatic hydroxyl groups is 1. The molecule has 13 nitrogen and oxygen atoms in total. The number of ketones is 4. The molecule has 1 amide bonds. The van der Waals surface area contributed by atoms with Crippen molar-refractivity contribution in [2.75, 3.05) is 19.0 Å². The molecule has 0 saturated heterocycles. The van der Waals surface area contributed by atoms with Gasteiger partial charge in [-0.3, -0.25) is 24.0 Å². The minimum atomic E-state index is -3.00. The SMILES string of the molecule is C[C@H]1c2c(N(C)C)cc(N=[N+]=[N-])c(O)c2C(=O)C2C(=O)[C@]3(O)C(=O)C(C(N)=O)C(=O)C[C@@H]3[C@@H](O)[C@@H]21. The zero-order valence-electron chi connectivity index (χ0n) is 19.0. The Labute approximate surface area is 198 Å². The van der Waals surface area contributed by atoms with Crippen molar-refractivity contribution in [1.29, 1.82) is 0 Å². The number of aliphatic hydroxyl groups is 2. The van der Waals surface area contributed by atoms with E-state index >= 15 is 0 Å². The molecule has 0 bridgehead atoms. The number of carbonyl (C=O) groups excluding carboxylic acids is 5. The van der Waals surface area contributed by atoms with E-state index < -0.39 is 82.5 Å². The van der Waals surface area contributed by atoms with Gasteiger partial charge in [0.05, 0.1) is 23.3 Å². The summed E-state index contributed by atoms with van der Waals surface area (Å²) in [7, 11) is 3.28. The third-order valence-electron chi connectivity index (χ3n) is 7.55. The normalized spacial score (nSPS) is 33.9. The molecule has 35 heavy (non-hydrogen) atoms. The number of amides is 1. The van der Waals surface area contributed by atoms with Crippen molar-refractivity contribution in [2.24, 2.45) is 34.5 Å². The highest BCUT2D eigenvalue weighted by Crippen LogP contribution is 2.56. The van der Waals surface area contributed by atoms with Crippen molar-refractivity contribution in [3.05, 3.63) is 27.6 Å². The highest BCUT2D eigenvalue weighted by molar-refractivity contribution is 6.31. The van der Waals surface area contributed by atoms with Crippen LogP contribution in [0.4, 0.5) is 11.4 Å². The molecule has 184 valence electrons. The van der Waals surface area contributed by atoms with Crippen LogP contribution in [0.15, 0.2) is 11.2 Å². The number of azide groups is 1. The molecular weight excluding hydrogens is 462 g/mol. The average molecular weight is 485 g/mol. The van der Waals surface area contributed by atoms with Crippen LogP contribution in [0.25, 0.3) is 10.4 Å². The second-order valence-corrected chi connectivity index (χ2v) is 9.44. The van der Waals surface area contributed by atoms with Gasteiger partial charge in [-0.15, -0.1) is 0 Å². The molecule has 0 radical (unpaired) electrons. The number of fused-ring (bicyclic) bond motifs is 3. The standard InChI is InChI=1S/C22H23N5O8/c1-6-11-9(27(2)3)5-8(25-26-24)17(30)14(11)18(31)15-12(6)16(29)7-4-10(28)13(21(23)34)19(32)22(7,35)20(15)33/h5-7,12-13,15-16,29-30,35H,4H2,1-3H3,(H2,23,34)/t6-,7+,12+,13?,15?,16+,22+/m0/s1. The van der Waals surface area contributed by atoms with Gasteiger partial charge in [-0.05, 0) is 23.1 Å². The van der Waals surface area contributed by atoms with Gasteiger partial charge >= 0.3 is 0 Å². The van der Waals surface area contributed by atoms with Crippen LogP contribution >= 0.6 is 0 Å². The smallest absolute Gasteiger partial charge is 0.235 e. The number of carbonyl (C=O) groups is 5. The number of Topliss-reactive ketones (excluding diaryl/α,β-unsaturated/α-hetero) is 4. The molecule has 1 aromatic rings. The van der Waals surface area contributed by atoms with Gasteiger partial charge in [0.1, 0.15) is 5.75 Å². The summed E-state index contributed by atoms with van der Waals surface area (Å²) in [6.07, 6.45) is -2.33. The van der Waals surface area contributed by atoms with E-state index in [0.29, 0.717) is 5.69 Å². The summed E-state index contributed by atoms with van der Waals surface area (Å²) in [6.45, 7) is 1.60. The number of phenolic OH excluding ortho intramolecular Hbond substituents is 1. The molecule has 5 N–H and O–H groups in total. The van der Waals surface area contributed by atoms with Gasteiger partial charge in [-0.1, -0.05) is 12.0 Å². The number of anilines is 1. The number of rotatable bonds is 3. The summed E-state index contributed by atoms with van der Waals surface area (Å²) < 4.78 is 0. The quantitative estimate of drug-likeness (QED) is 0.193. The van der Waals surface area contributed by atoms with E-state index in [9.17, 15) is 39.3 Å². The maximum atomic E-state index is 13.7. The van der Waals surface area contributed by atoms with Crippen LogP contribution in [0.1, 0.15) is 35.2 Å². The van der Waals surface area contributed by atoms with Gasteiger partial charge in [-0.25, -0.2) is 0 Å². The Morgan fingerprint density at radius 2 is 1.89 bits per heavy atom. The molecule has 13 heteroatoms. The molecule has 0 aliphatic heterocycles. The molecule has 0 spiro atoms. The topological polar surface area (TPSA) is 224 Å². The van der Waals surface area contributed by atoms with Crippen molar-refractivity contribution in [3.63, 3.8) is 0 Å². The Balaban J connectivity index is 1.97. The van der Waals surface area contributed by atoms with Gasteiger partial charge in [0, 0.05) is 43.0 Å². The number of nitrogens with zero attached hydrogens (tertiary/aromatic N) is 4. The molecule has 0 heterocycles. The monoisotopic (exact) mass is 485 g/mol. The Morgan fingerprint density at radius 3 is 2.43 bits per heavy atom. The van der Waals surface area contributed by atoms with Crippen molar-refractivity contribution in [1.82, 2.24) is 0 Å². The van der Waals surface area contributed by atoms with Crippen molar-refractivity contribution < 1.29 is 39.3 Å². The minimum absolute atomic E-state index is 0.274. The van der Waals surface area contributed by atoms with E-state index in [1.165, 1.54) is 6.07 Å². The van der Waals surface area contributed by atoms with Crippen LogP contribution in [0.5, 0.6) is 5.75 Å². The van der Waals surface area contributed by atoms with Gasteiger partial charge < -0.3 is 26.0 Å². The maximum Gasteiger partial charge on any atom is 0.235 e. The summed E-state index contributed by atoms with van der Waals surface area (Å²) in [5, 5.41) is 36.7. The Kier molecular flexibility index (Phi) is 5.47. The molecule has 2 unspecified atom stereocenters. The van der Waals surface area contributed by atoms with Crippen LogP contribution in [-0.2, 0) is 19.2 Å². The number of aliphatic hydroxyl groups excluding tert-OH is 1. The number of nitrogens with two attached hydrogens (primary N) is 1. The number of primary amides is 1. The van der Waals surface area contributed by atoms with Crippen LogP contribution in [-0.4, -0.2) is 70.2 Å². The molecule has 4 rings (SSSR count). The Hall–Kier alpha value is -3.80. The molecule has 1 aromatic carbocycles. The number of phenols is 1. The zero-order valence-corrected chi connectivity index (χ0v) is 19.0. The van der Waals surface area contributed by atoms with Gasteiger partial charge in [0.15, 0.2) is 34.7 Å². The molecule has 3 aliphatic rings. The fourth-order valence-corrected chi connectivity index (χ4v) is 5.96. The molecule has 2 fully saturated rings. The van der Waals surface area contributed by atoms with E-state index in [0.717, 1.165) is 0 Å². The van der Waals surface area contributed by atoms with Crippen molar-refractivity contribution in [2.45, 2.75) is 31.0 Å². The lowest BCUT2D eigenvalue weighted by molar-refractivity contribution is -0.189. The summed E-state index contributed by atoms with van der Waals surface area (Å²) in [5.41, 5.74) is 11.1. The van der Waals surface area contributed by atoms with Gasteiger partial charge in [0.2, 0.25) is 5.91 Å². The second kappa shape index (κ2) is 7.87. The highest BCUT2D eigenvalue weighted by Gasteiger charge is 2.70. The molecule has 7 atom stereocenters. The lowest BCUT2D eigenvalue weighted by atomic mass is 9.50. The average Bonchev–Trinajstić information content (AvgIpc) is 2.77. The number of hydrogen-bond acceptors (Lipinski definition) is 10. The molecule has 3 aliphatic carbocycles. The molecule has 2 saturated carbocycles. The molecule has 0 aromatic heterocycles. The van der Waals surface area contributed by atoms with Gasteiger partial charge in [-0.2, -0.15) is 0 Å². The third kappa shape index (κ3) is 3.02. The first-order chi connectivity index (χ1) is 16.3.